The van der Waals surface area contributed by atoms with E-state index in [-0.39, 0.29) is 0 Å². The van der Waals surface area contributed by atoms with Crippen LogP contribution >= 0.6 is 11.8 Å². The van der Waals surface area contributed by atoms with Crippen molar-refractivity contribution < 1.29 is 9.90 Å². The number of rotatable bonds is 11. The summed E-state index contributed by atoms with van der Waals surface area (Å²) in [6.45, 7) is 4.04. The van der Waals surface area contributed by atoms with Gasteiger partial charge in [-0.15, -0.1) is 0 Å². The second-order valence-electron chi connectivity index (χ2n) is 5.48. The van der Waals surface area contributed by atoms with Crippen LogP contribution in [0.1, 0.15) is 58.8 Å². The molecule has 1 unspecified atom stereocenters. The zero-order valence-electron chi connectivity index (χ0n) is 11.7. The largest absolute Gasteiger partial charge is 0.480 e. The Labute approximate surface area is 115 Å². The summed E-state index contributed by atoms with van der Waals surface area (Å²) in [5.41, 5.74) is -0.717. The van der Waals surface area contributed by atoms with E-state index in [9.17, 15) is 9.90 Å². The summed E-state index contributed by atoms with van der Waals surface area (Å²) in [5, 5.41) is 12.6. The van der Waals surface area contributed by atoms with Crippen LogP contribution in [0.4, 0.5) is 0 Å². The Morgan fingerprint density at radius 1 is 1.33 bits per heavy atom. The number of carboxylic acid groups (broad SMARTS) is 1. The molecule has 2 N–H and O–H groups in total. The summed E-state index contributed by atoms with van der Waals surface area (Å²) >= 11 is 1.96. The number of hydrogen-bond donors (Lipinski definition) is 2. The van der Waals surface area contributed by atoms with E-state index in [4.69, 9.17) is 0 Å². The van der Waals surface area contributed by atoms with Crippen LogP contribution in [0.3, 0.4) is 0 Å². The number of unbranched alkanes of at least 4 members (excludes halogenated alkanes) is 2. The summed E-state index contributed by atoms with van der Waals surface area (Å²) in [6, 6.07) is 0.448. The monoisotopic (exact) mass is 273 g/mol. The molecule has 0 bridgehead atoms. The van der Waals surface area contributed by atoms with Crippen LogP contribution in [0.15, 0.2) is 0 Å². The third-order valence-corrected chi connectivity index (χ3v) is 4.58. The first-order valence-electron chi connectivity index (χ1n) is 7.17. The number of thioether (sulfide) groups is 1. The van der Waals surface area contributed by atoms with Gasteiger partial charge in [0.25, 0.3) is 0 Å². The summed E-state index contributed by atoms with van der Waals surface area (Å²) in [4.78, 5) is 11.3. The van der Waals surface area contributed by atoms with Crippen LogP contribution < -0.4 is 5.32 Å². The van der Waals surface area contributed by atoms with Crippen molar-refractivity contribution in [1.82, 2.24) is 5.32 Å². The van der Waals surface area contributed by atoms with E-state index >= 15 is 0 Å². The molecule has 0 aliphatic heterocycles. The average molecular weight is 273 g/mol. The van der Waals surface area contributed by atoms with E-state index in [0.717, 1.165) is 31.4 Å². The molecule has 0 spiro atoms. The minimum atomic E-state index is -0.717. The molecule has 1 fully saturated rings. The van der Waals surface area contributed by atoms with Crippen LogP contribution in [-0.2, 0) is 4.79 Å². The molecule has 0 saturated heterocycles. The number of carboxylic acids is 1. The number of hydrogen-bond acceptors (Lipinski definition) is 3. The molecular weight excluding hydrogens is 246 g/mol. The van der Waals surface area contributed by atoms with Crippen molar-refractivity contribution in [3.05, 3.63) is 0 Å². The molecule has 0 radical (unpaired) electrons. The zero-order chi connectivity index (χ0) is 13.4. The van der Waals surface area contributed by atoms with Crippen molar-refractivity contribution in [2.75, 3.05) is 11.5 Å². The van der Waals surface area contributed by atoms with E-state index in [0.29, 0.717) is 6.04 Å². The first-order chi connectivity index (χ1) is 8.58. The highest BCUT2D eigenvalue weighted by Gasteiger charge is 2.37. The van der Waals surface area contributed by atoms with Crippen molar-refractivity contribution in [1.29, 1.82) is 0 Å². The highest BCUT2D eigenvalue weighted by molar-refractivity contribution is 7.99. The van der Waals surface area contributed by atoms with Gasteiger partial charge in [-0.1, -0.05) is 19.8 Å². The fourth-order valence-corrected chi connectivity index (χ4v) is 2.96. The molecule has 18 heavy (non-hydrogen) atoms. The first kappa shape index (κ1) is 15.8. The van der Waals surface area contributed by atoms with Gasteiger partial charge in [0.05, 0.1) is 0 Å². The maximum Gasteiger partial charge on any atom is 0.323 e. The Hall–Kier alpha value is -0.220. The lowest BCUT2D eigenvalue weighted by Crippen LogP contribution is -2.50. The number of nitrogens with one attached hydrogen (secondary N) is 1. The third kappa shape index (κ3) is 6.10. The van der Waals surface area contributed by atoms with Crippen molar-refractivity contribution >= 4 is 17.7 Å². The smallest absolute Gasteiger partial charge is 0.323 e. The molecule has 1 rings (SSSR count). The fraction of sp³-hybridized carbons (Fsp3) is 0.929. The topological polar surface area (TPSA) is 49.3 Å². The minimum absolute atomic E-state index is 0.448. The van der Waals surface area contributed by atoms with Crippen molar-refractivity contribution in [2.24, 2.45) is 0 Å². The van der Waals surface area contributed by atoms with E-state index in [1.165, 1.54) is 25.0 Å². The molecular formula is C14H27NO2S. The van der Waals surface area contributed by atoms with Gasteiger partial charge in [-0.25, -0.2) is 0 Å². The maximum absolute atomic E-state index is 11.3. The van der Waals surface area contributed by atoms with E-state index < -0.39 is 11.5 Å². The number of aliphatic carboxylic acids is 1. The Morgan fingerprint density at radius 3 is 2.56 bits per heavy atom. The van der Waals surface area contributed by atoms with Gasteiger partial charge >= 0.3 is 5.97 Å². The van der Waals surface area contributed by atoms with Gasteiger partial charge in [0.2, 0.25) is 0 Å². The lowest BCUT2D eigenvalue weighted by atomic mass is 9.96. The van der Waals surface area contributed by atoms with Gasteiger partial charge in [0, 0.05) is 6.04 Å². The molecule has 0 heterocycles. The fourth-order valence-electron chi connectivity index (χ4n) is 2.00. The molecule has 3 nitrogen and oxygen atoms in total. The molecule has 0 aromatic carbocycles. The molecule has 0 aromatic rings. The normalized spacial score (nSPS) is 18.6. The zero-order valence-corrected chi connectivity index (χ0v) is 12.5. The molecule has 1 aliphatic carbocycles. The molecule has 4 heteroatoms. The van der Waals surface area contributed by atoms with Gasteiger partial charge < -0.3 is 5.11 Å². The minimum Gasteiger partial charge on any atom is -0.480 e. The lowest BCUT2D eigenvalue weighted by Gasteiger charge is -2.26. The van der Waals surface area contributed by atoms with Gasteiger partial charge in [-0.3, -0.25) is 10.1 Å². The maximum atomic E-state index is 11.3. The summed E-state index contributed by atoms with van der Waals surface area (Å²) < 4.78 is 0. The predicted octanol–water partition coefficient (Wildman–Crippen LogP) is 3.29. The van der Waals surface area contributed by atoms with Gasteiger partial charge in [0.1, 0.15) is 5.54 Å². The SMILES string of the molecule is CCCCCSCCCC(C)(NC1CC1)C(=O)O. The summed E-state index contributed by atoms with van der Waals surface area (Å²) in [5.74, 6) is 1.59. The Morgan fingerprint density at radius 2 is 2.00 bits per heavy atom. The van der Waals surface area contributed by atoms with Crippen molar-refractivity contribution in [3.63, 3.8) is 0 Å². The van der Waals surface area contributed by atoms with E-state index in [1.54, 1.807) is 0 Å². The average Bonchev–Trinajstić information content (AvgIpc) is 3.11. The molecule has 0 amide bonds. The Balaban J connectivity index is 2.11. The lowest BCUT2D eigenvalue weighted by molar-refractivity contribution is -0.144. The molecule has 1 saturated carbocycles. The highest BCUT2D eigenvalue weighted by atomic mass is 32.2. The van der Waals surface area contributed by atoms with Crippen molar-refractivity contribution in [3.8, 4) is 0 Å². The van der Waals surface area contributed by atoms with E-state index in [2.05, 4.69) is 12.2 Å². The quantitative estimate of drug-likeness (QED) is 0.567. The van der Waals surface area contributed by atoms with Crippen LogP contribution in [0.25, 0.3) is 0 Å². The van der Waals surface area contributed by atoms with Crippen LogP contribution in [-0.4, -0.2) is 34.2 Å². The van der Waals surface area contributed by atoms with E-state index in [1.807, 2.05) is 18.7 Å². The summed E-state index contributed by atoms with van der Waals surface area (Å²) in [6.07, 6.45) is 7.85. The second kappa shape index (κ2) is 8.05. The highest BCUT2D eigenvalue weighted by Crippen LogP contribution is 2.25. The molecule has 106 valence electrons. The van der Waals surface area contributed by atoms with Gasteiger partial charge in [0.15, 0.2) is 0 Å². The number of carbonyl (C=O) groups is 1. The van der Waals surface area contributed by atoms with Crippen LogP contribution in [0, 0.1) is 0 Å². The third-order valence-electron chi connectivity index (χ3n) is 3.43. The Bertz CT molecular complexity index is 256. The molecule has 0 aromatic heterocycles. The van der Waals surface area contributed by atoms with Gasteiger partial charge in [-0.05, 0) is 50.5 Å². The van der Waals surface area contributed by atoms with Crippen molar-refractivity contribution in [2.45, 2.75) is 70.4 Å². The molecule has 1 aliphatic rings. The standard InChI is InChI=1S/C14H27NO2S/c1-3-4-5-10-18-11-6-9-14(2,13(16)17)15-12-7-8-12/h12,15H,3-11H2,1-2H3,(H,16,17). The van der Waals surface area contributed by atoms with Crippen LogP contribution in [0.5, 0.6) is 0 Å². The second-order valence-corrected chi connectivity index (χ2v) is 6.70. The first-order valence-corrected chi connectivity index (χ1v) is 8.33. The van der Waals surface area contributed by atoms with Crippen LogP contribution in [0.2, 0.25) is 0 Å². The summed E-state index contributed by atoms with van der Waals surface area (Å²) in [7, 11) is 0. The Kier molecular flexibility index (Phi) is 7.08. The predicted molar refractivity (Wildman–Crippen MR) is 78.3 cm³/mol. The van der Waals surface area contributed by atoms with Gasteiger partial charge in [-0.2, -0.15) is 11.8 Å². The molecule has 1 atom stereocenters.